The Hall–Kier alpha value is -0.900. The van der Waals surface area contributed by atoms with Gasteiger partial charge in [-0.05, 0) is 32.4 Å². The number of piperidine rings is 1. The van der Waals surface area contributed by atoms with Crippen LogP contribution in [0.15, 0.2) is 0 Å². The van der Waals surface area contributed by atoms with Crippen molar-refractivity contribution in [2.24, 2.45) is 11.8 Å². The number of Topliss-reactive ketones (excluding diaryl/α,β-unsaturated/α-hetero) is 1. The van der Waals surface area contributed by atoms with Crippen LogP contribution < -0.4 is 5.32 Å². The maximum atomic E-state index is 11.8. The Balaban J connectivity index is 2.56. The Morgan fingerprint density at radius 1 is 1.43 bits per heavy atom. The summed E-state index contributed by atoms with van der Waals surface area (Å²) in [6, 6.07) is 0. The van der Waals surface area contributed by atoms with E-state index < -0.39 is 11.9 Å². The highest BCUT2D eigenvalue weighted by atomic mass is 16.4. The summed E-state index contributed by atoms with van der Waals surface area (Å²) in [7, 11) is 0. The van der Waals surface area contributed by atoms with Gasteiger partial charge in [-0.1, -0.05) is 6.92 Å². The number of carboxylic acids is 1. The number of hydrogen-bond donors (Lipinski definition) is 2. The summed E-state index contributed by atoms with van der Waals surface area (Å²) in [4.78, 5) is 22.5. The lowest BCUT2D eigenvalue weighted by molar-refractivity contribution is -0.147. The molecule has 4 heteroatoms. The monoisotopic (exact) mass is 199 g/mol. The maximum Gasteiger partial charge on any atom is 0.314 e. The Morgan fingerprint density at radius 3 is 2.43 bits per heavy atom. The molecule has 1 aliphatic heterocycles. The minimum absolute atomic E-state index is 0.0442. The molecule has 0 spiro atoms. The Kier molecular flexibility index (Phi) is 4.07. The van der Waals surface area contributed by atoms with Crippen molar-refractivity contribution in [3.8, 4) is 0 Å². The fourth-order valence-electron chi connectivity index (χ4n) is 1.89. The van der Waals surface area contributed by atoms with Crippen molar-refractivity contribution in [3.63, 3.8) is 0 Å². The smallest absolute Gasteiger partial charge is 0.314 e. The van der Waals surface area contributed by atoms with E-state index in [-0.39, 0.29) is 11.7 Å². The third kappa shape index (κ3) is 2.54. The van der Waals surface area contributed by atoms with E-state index in [0.29, 0.717) is 6.42 Å². The van der Waals surface area contributed by atoms with Crippen LogP contribution in [0.25, 0.3) is 0 Å². The third-order valence-electron chi connectivity index (χ3n) is 2.79. The average molecular weight is 199 g/mol. The van der Waals surface area contributed by atoms with Crippen molar-refractivity contribution in [1.82, 2.24) is 5.32 Å². The number of nitrogens with one attached hydrogen (secondary N) is 1. The fraction of sp³-hybridized carbons (Fsp3) is 0.800. The minimum Gasteiger partial charge on any atom is -0.481 e. The molecule has 0 aromatic carbocycles. The van der Waals surface area contributed by atoms with Gasteiger partial charge in [0.2, 0.25) is 0 Å². The number of carboxylic acid groups (broad SMARTS) is 1. The maximum absolute atomic E-state index is 11.8. The molecule has 1 heterocycles. The molecule has 1 saturated heterocycles. The fourth-order valence-corrected chi connectivity index (χ4v) is 1.89. The molecule has 14 heavy (non-hydrogen) atoms. The summed E-state index contributed by atoms with van der Waals surface area (Å²) in [6.07, 6.45) is 1.96. The van der Waals surface area contributed by atoms with Crippen molar-refractivity contribution in [1.29, 1.82) is 0 Å². The normalized spacial score (nSPS) is 20.4. The van der Waals surface area contributed by atoms with Gasteiger partial charge in [-0.15, -0.1) is 0 Å². The van der Waals surface area contributed by atoms with Crippen molar-refractivity contribution >= 4 is 11.8 Å². The average Bonchev–Trinajstić information content (AvgIpc) is 2.19. The van der Waals surface area contributed by atoms with Gasteiger partial charge in [-0.3, -0.25) is 9.59 Å². The third-order valence-corrected chi connectivity index (χ3v) is 2.79. The summed E-state index contributed by atoms with van der Waals surface area (Å²) >= 11 is 0. The van der Waals surface area contributed by atoms with Gasteiger partial charge < -0.3 is 10.4 Å². The van der Waals surface area contributed by atoms with Crippen LogP contribution in [0.3, 0.4) is 0 Å². The summed E-state index contributed by atoms with van der Waals surface area (Å²) in [6.45, 7) is 3.40. The Labute approximate surface area is 83.7 Å². The highest BCUT2D eigenvalue weighted by Gasteiger charge is 2.31. The molecule has 1 fully saturated rings. The molecule has 1 aliphatic rings. The van der Waals surface area contributed by atoms with E-state index in [1.165, 1.54) is 0 Å². The second kappa shape index (κ2) is 5.10. The zero-order chi connectivity index (χ0) is 10.6. The zero-order valence-electron chi connectivity index (χ0n) is 8.45. The zero-order valence-corrected chi connectivity index (χ0v) is 8.45. The summed E-state index contributed by atoms with van der Waals surface area (Å²) in [5, 5.41) is 12.0. The SMILES string of the molecule is CC[C@@H](C(=O)O)C(=O)C1CCNCC1. The summed E-state index contributed by atoms with van der Waals surface area (Å²) in [5.41, 5.74) is 0. The molecule has 0 aromatic rings. The second-order valence-electron chi connectivity index (χ2n) is 3.73. The van der Waals surface area contributed by atoms with Gasteiger partial charge in [0, 0.05) is 5.92 Å². The van der Waals surface area contributed by atoms with E-state index in [4.69, 9.17) is 5.11 Å². The summed E-state index contributed by atoms with van der Waals surface area (Å²) < 4.78 is 0. The van der Waals surface area contributed by atoms with Crippen molar-refractivity contribution < 1.29 is 14.7 Å². The molecule has 1 rings (SSSR count). The highest BCUT2D eigenvalue weighted by molar-refractivity contribution is 5.99. The molecule has 0 radical (unpaired) electrons. The number of ketones is 1. The van der Waals surface area contributed by atoms with Gasteiger partial charge in [0.25, 0.3) is 0 Å². The number of hydrogen-bond acceptors (Lipinski definition) is 3. The minimum atomic E-state index is -0.976. The number of carbonyl (C=O) groups excluding carboxylic acids is 1. The lowest BCUT2D eigenvalue weighted by Gasteiger charge is -2.23. The summed E-state index contributed by atoms with van der Waals surface area (Å²) in [5.74, 6) is -1.90. The first-order valence-electron chi connectivity index (χ1n) is 5.14. The predicted molar refractivity (Wildman–Crippen MR) is 52.0 cm³/mol. The van der Waals surface area contributed by atoms with Crippen LogP contribution in [0.1, 0.15) is 26.2 Å². The number of aliphatic carboxylic acids is 1. The van der Waals surface area contributed by atoms with Crippen molar-refractivity contribution in [2.75, 3.05) is 13.1 Å². The van der Waals surface area contributed by atoms with Gasteiger partial charge in [-0.2, -0.15) is 0 Å². The van der Waals surface area contributed by atoms with E-state index in [1.807, 2.05) is 0 Å². The molecule has 0 aromatic heterocycles. The highest BCUT2D eigenvalue weighted by Crippen LogP contribution is 2.19. The van der Waals surface area contributed by atoms with Crippen molar-refractivity contribution in [2.45, 2.75) is 26.2 Å². The van der Waals surface area contributed by atoms with Gasteiger partial charge >= 0.3 is 5.97 Å². The van der Waals surface area contributed by atoms with Crippen molar-refractivity contribution in [3.05, 3.63) is 0 Å². The predicted octanol–water partition coefficient (Wildman–Crippen LogP) is 0.666. The first-order chi connectivity index (χ1) is 6.66. The lowest BCUT2D eigenvalue weighted by atomic mass is 9.85. The van der Waals surface area contributed by atoms with Gasteiger partial charge in [0.15, 0.2) is 0 Å². The Morgan fingerprint density at radius 2 is 2.00 bits per heavy atom. The molecule has 0 amide bonds. The van der Waals surface area contributed by atoms with Gasteiger partial charge in [-0.25, -0.2) is 0 Å². The molecule has 0 aliphatic carbocycles. The molecule has 80 valence electrons. The van der Waals surface area contributed by atoms with E-state index in [9.17, 15) is 9.59 Å². The first kappa shape index (κ1) is 11.2. The second-order valence-corrected chi connectivity index (χ2v) is 3.73. The molecule has 2 N–H and O–H groups in total. The van der Waals surface area contributed by atoms with E-state index >= 15 is 0 Å². The lowest BCUT2D eigenvalue weighted by Crippen LogP contribution is -2.36. The molecule has 0 unspecified atom stereocenters. The topological polar surface area (TPSA) is 66.4 Å². The van der Waals surface area contributed by atoms with Crippen LogP contribution in [-0.4, -0.2) is 29.9 Å². The van der Waals surface area contributed by atoms with Crippen LogP contribution >= 0.6 is 0 Å². The van der Waals surface area contributed by atoms with Crippen LogP contribution in [0.5, 0.6) is 0 Å². The molecule has 1 atom stereocenters. The molecular formula is C10H17NO3. The van der Waals surface area contributed by atoms with Gasteiger partial charge in [0.1, 0.15) is 11.7 Å². The van der Waals surface area contributed by atoms with Gasteiger partial charge in [0.05, 0.1) is 0 Å². The molecule has 0 saturated carbocycles. The first-order valence-corrected chi connectivity index (χ1v) is 5.14. The largest absolute Gasteiger partial charge is 0.481 e. The molecular weight excluding hydrogens is 182 g/mol. The Bertz CT molecular complexity index is 221. The quantitative estimate of drug-likeness (QED) is 0.653. The van der Waals surface area contributed by atoms with Crippen LogP contribution in [0.4, 0.5) is 0 Å². The van der Waals surface area contributed by atoms with E-state index in [0.717, 1.165) is 25.9 Å². The van der Waals surface area contributed by atoms with E-state index in [1.54, 1.807) is 6.92 Å². The molecule has 0 bridgehead atoms. The molecule has 4 nitrogen and oxygen atoms in total. The van der Waals surface area contributed by atoms with Crippen LogP contribution in [0.2, 0.25) is 0 Å². The number of rotatable bonds is 4. The standard InChI is InChI=1S/C10H17NO3/c1-2-8(10(13)14)9(12)7-3-5-11-6-4-7/h7-8,11H,2-6H2,1H3,(H,13,14)/t8-/m1/s1. The van der Waals surface area contributed by atoms with E-state index in [2.05, 4.69) is 5.32 Å². The number of carbonyl (C=O) groups is 2. The van der Waals surface area contributed by atoms with Crippen LogP contribution in [0, 0.1) is 11.8 Å². The van der Waals surface area contributed by atoms with Crippen LogP contribution in [-0.2, 0) is 9.59 Å².